The van der Waals surface area contributed by atoms with Crippen LogP contribution in [0.25, 0.3) is 10.1 Å². The lowest BCUT2D eigenvalue weighted by Gasteiger charge is -2.21. The number of anilines is 1. The number of fused-ring (bicyclic) bond motifs is 1. The molecule has 154 valence electrons. The summed E-state index contributed by atoms with van der Waals surface area (Å²) < 4.78 is 33.8. The Labute approximate surface area is 175 Å². The average molecular weight is 433 g/mol. The number of aryl methyl sites for hydroxylation is 1. The van der Waals surface area contributed by atoms with Gasteiger partial charge < -0.3 is 10.1 Å². The minimum atomic E-state index is -3.82. The molecule has 0 unspecified atom stereocenters. The molecule has 3 rings (SSSR count). The Kier molecular flexibility index (Phi) is 6.14. The molecule has 29 heavy (non-hydrogen) atoms. The fraction of sp³-hybridized carbons (Fsp3) is 0.286. The molecule has 0 aliphatic heterocycles. The molecule has 1 heterocycles. The van der Waals surface area contributed by atoms with E-state index in [1.807, 2.05) is 19.9 Å². The van der Waals surface area contributed by atoms with Gasteiger partial charge in [0.15, 0.2) is 0 Å². The van der Waals surface area contributed by atoms with E-state index < -0.39 is 10.0 Å². The Morgan fingerprint density at radius 1 is 1.17 bits per heavy atom. The van der Waals surface area contributed by atoms with Crippen molar-refractivity contribution >= 4 is 43.0 Å². The summed E-state index contributed by atoms with van der Waals surface area (Å²) in [7, 11) is -0.851. The number of thiophene rings is 1. The highest BCUT2D eigenvalue weighted by molar-refractivity contribution is 7.93. The van der Waals surface area contributed by atoms with Crippen molar-refractivity contribution in [2.24, 2.45) is 0 Å². The highest BCUT2D eigenvalue weighted by Gasteiger charge is 2.26. The fourth-order valence-corrected chi connectivity index (χ4v) is 5.32. The van der Waals surface area contributed by atoms with Gasteiger partial charge in [-0.1, -0.05) is 13.0 Å². The molecule has 0 saturated heterocycles. The fourth-order valence-electron chi connectivity index (χ4n) is 2.94. The number of nitrogens with one attached hydrogen (secondary N) is 1. The van der Waals surface area contributed by atoms with Crippen LogP contribution in [0.4, 0.5) is 5.69 Å². The van der Waals surface area contributed by atoms with Gasteiger partial charge in [0.05, 0.1) is 17.7 Å². The standard InChI is InChI=1S/C21H24N2O4S2/c1-5-10-22-21(24)19-13-15-12-16(7-9-18(15)28-19)23(3)29(25,26)20-11-14(2)6-8-17(20)27-4/h6-9,11-13H,5,10H2,1-4H3,(H,22,24). The van der Waals surface area contributed by atoms with E-state index in [4.69, 9.17) is 4.74 Å². The van der Waals surface area contributed by atoms with Gasteiger partial charge in [-0.2, -0.15) is 0 Å². The van der Waals surface area contributed by atoms with Gasteiger partial charge in [0.2, 0.25) is 0 Å². The minimum absolute atomic E-state index is 0.111. The molecule has 0 aliphatic carbocycles. The van der Waals surface area contributed by atoms with E-state index in [2.05, 4.69) is 5.32 Å². The van der Waals surface area contributed by atoms with E-state index in [1.54, 1.807) is 36.4 Å². The molecule has 0 fully saturated rings. The van der Waals surface area contributed by atoms with Crippen LogP contribution in [0.5, 0.6) is 5.75 Å². The smallest absolute Gasteiger partial charge is 0.267 e. The van der Waals surface area contributed by atoms with Crippen molar-refractivity contribution in [3.63, 3.8) is 0 Å². The third kappa shape index (κ3) is 4.23. The lowest BCUT2D eigenvalue weighted by Crippen LogP contribution is -2.27. The summed E-state index contributed by atoms with van der Waals surface area (Å²) in [5, 5.41) is 3.69. The normalized spacial score (nSPS) is 11.4. The molecule has 8 heteroatoms. The zero-order valence-electron chi connectivity index (χ0n) is 16.9. The Bertz CT molecular complexity index is 1150. The highest BCUT2D eigenvalue weighted by atomic mass is 32.2. The van der Waals surface area contributed by atoms with Crippen LogP contribution in [0.15, 0.2) is 47.4 Å². The number of benzene rings is 2. The van der Waals surface area contributed by atoms with Crippen LogP contribution in [0, 0.1) is 6.92 Å². The van der Waals surface area contributed by atoms with Crippen LogP contribution in [0.2, 0.25) is 0 Å². The second kappa shape index (κ2) is 8.42. The Balaban J connectivity index is 1.97. The third-order valence-corrected chi connectivity index (χ3v) is 7.50. The van der Waals surface area contributed by atoms with Crippen molar-refractivity contribution in [2.75, 3.05) is 25.0 Å². The molecule has 1 aromatic heterocycles. The number of sulfonamides is 1. The number of amides is 1. The maximum Gasteiger partial charge on any atom is 0.267 e. The second-order valence-corrected chi connectivity index (χ2v) is 9.74. The van der Waals surface area contributed by atoms with Crippen molar-refractivity contribution in [2.45, 2.75) is 25.2 Å². The maximum absolute atomic E-state index is 13.2. The summed E-state index contributed by atoms with van der Waals surface area (Å²) >= 11 is 1.39. The number of hydrogen-bond donors (Lipinski definition) is 1. The van der Waals surface area contributed by atoms with Crippen LogP contribution in [0.1, 0.15) is 28.6 Å². The molecular weight excluding hydrogens is 408 g/mol. The first-order valence-corrected chi connectivity index (χ1v) is 11.5. The van der Waals surface area contributed by atoms with E-state index in [0.29, 0.717) is 22.9 Å². The van der Waals surface area contributed by atoms with Gasteiger partial charge in [0, 0.05) is 18.3 Å². The third-order valence-electron chi connectivity index (χ3n) is 4.58. The number of rotatable bonds is 7. The largest absolute Gasteiger partial charge is 0.495 e. The van der Waals surface area contributed by atoms with Gasteiger partial charge in [0.25, 0.3) is 15.9 Å². The first kappa shape index (κ1) is 21.1. The van der Waals surface area contributed by atoms with E-state index in [1.165, 1.54) is 29.8 Å². The van der Waals surface area contributed by atoms with E-state index in [-0.39, 0.29) is 10.8 Å². The second-order valence-electron chi connectivity index (χ2n) is 6.72. The van der Waals surface area contributed by atoms with Gasteiger partial charge in [0.1, 0.15) is 10.6 Å². The molecule has 0 spiro atoms. The summed E-state index contributed by atoms with van der Waals surface area (Å²) in [4.78, 5) is 12.9. The van der Waals surface area contributed by atoms with Crippen molar-refractivity contribution < 1.29 is 17.9 Å². The number of methoxy groups -OCH3 is 1. The maximum atomic E-state index is 13.2. The summed E-state index contributed by atoms with van der Waals surface area (Å²) in [6.45, 7) is 4.45. The van der Waals surface area contributed by atoms with E-state index in [0.717, 1.165) is 22.1 Å². The first-order valence-electron chi connectivity index (χ1n) is 9.23. The van der Waals surface area contributed by atoms with Crippen molar-refractivity contribution in [1.82, 2.24) is 5.32 Å². The Morgan fingerprint density at radius 3 is 2.62 bits per heavy atom. The molecule has 6 nitrogen and oxygen atoms in total. The summed E-state index contributed by atoms with van der Waals surface area (Å²) in [6, 6.07) is 12.2. The predicted molar refractivity (Wildman–Crippen MR) is 118 cm³/mol. The summed E-state index contributed by atoms with van der Waals surface area (Å²) in [5.41, 5.74) is 1.34. The Hall–Kier alpha value is -2.58. The molecule has 0 atom stereocenters. The van der Waals surface area contributed by atoms with Gasteiger partial charge in [-0.3, -0.25) is 9.10 Å². The van der Waals surface area contributed by atoms with Gasteiger partial charge in [-0.05, 0) is 60.7 Å². The van der Waals surface area contributed by atoms with Crippen molar-refractivity contribution in [3.8, 4) is 5.75 Å². The molecule has 1 amide bonds. The van der Waals surface area contributed by atoms with Crippen molar-refractivity contribution in [3.05, 3.63) is 52.9 Å². The average Bonchev–Trinajstić information content (AvgIpc) is 3.14. The lowest BCUT2D eigenvalue weighted by atomic mass is 10.2. The number of carbonyl (C=O) groups excluding carboxylic acids is 1. The first-order chi connectivity index (χ1) is 13.8. The summed E-state index contributed by atoms with van der Waals surface area (Å²) in [5.74, 6) is 0.189. The Morgan fingerprint density at radius 2 is 1.93 bits per heavy atom. The van der Waals surface area contributed by atoms with Crippen LogP contribution in [0.3, 0.4) is 0 Å². The molecule has 0 bridgehead atoms. The monoisotopic (exact) mass is 432 g/mol. The number of ether oxygens (including phenoxy) is 1. The number of nitrogens with zero attached hydrogens (tertiary/aromatic N) is 1. The predicted octanol–water partition coefficient (Wildman–Crippen LogP) is 4.18. The van der Waals surface area contributed by atoms with Crippen molar-refractivity contribution in [1.29, 1.82) is 0 Å². The highest BCUT2D eigenvalue weighted by Crippen LogP contribution is 2.33. The lowest BCUT2D eigenvalue weighted by molar-refractivity contribution is 0.0957. The zero-order chi connectivity index (χ0) is 21.2. The zero-order valence-corrected chi connectivity index (χ0v) is 18.5. The van der Waals surface area contributed by atoms with Gasteiger partial charge >= 0.3 is 0 Å². The molecule has 0 saturated carbocycles. The van der Waals surface area contributed by atoms with Crippen LogP contribution in [-0.2, 0) is 10.0 Å². The molecule has 1 N–H and O–H groups in total. The van der Waals surface area contributed by atoms with Crippen LogP contribution in [-0.4, -0.2) is 35.0 Å². The van der Waals surface area contributed by atoms with Crippen LogP contribution >= 0.6 is 11.3 Å². The van der Waals surface area contributed by atoms with Gasteiger partial charge in [-0.25, -0.2) is 8.42 Å². The molecule has 0 aliphatic rings. The topological polar surface area (TPSA) is 75.7 Å². The quantitative estimate of drug-likeness (QED) is 0.608. The number of hydrogen-bond acceptors (Lipinski definition) is 5. The number of carbonyl (C=O) groups is 1. The molecular formula is C21H24N2O4S2. The minimum Gasteiger partial charge on any atom is -0.495 e. The SMILES string of the molecule is CCCNC(=O)c1cc2cc(N(C)S(=O)(=O)c3cc(C)ccc3OC)ccc2s1. The van der Waals surface area contributed by atoms with E-state index in [9.17, 15) is 13.2 Å². The molecule has 0 radical (unpaired) electrons. The molecule has 2 aromatic carbocycles. The van der Waals surface area contributed by atoms with Gasteiger partial charge in [-0.15, -0.1) is 11.3 Å². The van der Waals surface area contributed by atoms with E-state index >= 15 is 0 Å². The molecule has 3 aromatic rings. The van der Waals surface area contributed by atoms with Crippen LogP contribution < -0.4 is 14.4 Å². The summed E-state index contributed by atoms with van der Waals surface area (Å²) in [6.07, 6.45) is 0.867.